The number of likely N-dealkylation sites (tertiary alicyclic amines) is 1. The van der Waals surface area contributed by atoms with Crippen molar-refractivity contribution in [2.75, 3.05) is 13.1 Å². The molecule has 1 amide bonds. The van der Waals surface area contributed by atoms with Crippen molar-refractivity contribution in [3.8, 4) is 11.4 Å². The van der Waals surface area contributed by atoms with Crippen molar-refractivity contribution in [2.24, 2.45) is 0 Å². The second kappa shape index (κ2) is 6.28. The maximum absolute atomic E-state index is 12.7. The fourth-order valence-corrected chi connectivity index (χ4v) is 3.19. The monoisotopic (exact) mass is 318 g/mol. The average Bonchev–Trinajstić information content (AvgIpc) is 3.33. The summed E-state index contributed by atoms with van der Waals surface area (Å²) in [5, 5.41) is 7.08. The predicted molar refractivity (Wildman–Crippen MR) is 91.5 cm³/mol. The topological polar surface area (TPSA) is 61.9 Å². The molecule has 0 saturated carbocycles. The second-order valence-corrected chi connectivity index (χ2v) is 6.03. The fraction of sp³-hybridized carbons (Fsp3) is 0.211. The average molecular weight is 318 g/mol. The van der Waals surface area contributed by atoms with Gasteiger partial charge in [-0.2, -0.15) is 5.10 Å². The van der Waals surface area contributed by atoms with Crippen LogP contribution in [-0.2, 0) is 0 Å². The molecule has 1 N–H and O–H groups in total. The number of pyridine rings is 1. The number of H-pyrrole nitrogens is 1. The minimum atomic E-state index is 0.00288. The van der Waals surface area contributed by atoms with Crippen molar-refractivity contribution in [1.82, 2.24) is 20.1 Å². The molecule has 1 fully saturated rings. The van der Waals surface area contributed by atoms with Crippen LogP contribution in [0.5, 0.6) is 0 Å². The summed E-state index contributed by atoms with van der Waals surface area (Å²) in [7, 11) is 0. The molecular weight excluding hydrogens is 300 g/mol. The van der Waals surface area contributed by atoms with Gasteiger partial charge in [-0.25, -0.2) is 0 Å². The number of nitrogens with one attached hydrogen (secondary N) is 1. The summed E-state index contributed by atoms with van der Waals surface area (Å²) in [4.78, 5) is 18.9. The molecule has 5 nitrogen and oxygen atoms in total. The SMILES string of the molecule is O=C(c1cc(-c2ccccn2)n[nH]1)N1CC[C@H](c2ccccc2)C1. The van der Waals surface area contributed by atoms with Gasteiger partial charge in [0.05, 0.1) is 5.69 Å². The molecular formula is C19H18N4O. The summed E-state index contributed by atoms with van der Waals surface area (Å²) < 4.78 is 0. The summed E-state index contributed by atoms with van der Waals surface area (Å²) in [5.41, 5.74) is 3.27. The van der Waals surface area contributed by atoms with Crippen LogP contribution in [0.2, 0.25) is 0 Å². The van der Waals surface area contributed by atoms with E-state index < -0.39 is 0 Å². The normalized spacial score (nSPS) is 17.2. The Morgan fingerprint density at radius 1 is 1.08 bits per heavy atom. The lowest BCUT2D eigenvalue weighted by Crippen LogP contribution is -2.28. The molecule has 4 rings (SSSR count). The Kier molecular flexibility index (Phi) is 3.83. The predicted octanol–water partition coefficient (Wildman–Crippen LogP) is 3.10. The van der Waals surface area contributed by atoms with Gasteiger partial charge in [-0.05, 0) is 30.2 Å². The molecule has 1 aliphatic rings. The number of aromatic amines is 1. The van der Waals surface area contributed by atoms with Crippen molar-refractivity contribution in [3.05, 3.63) is 72.1 Å². The van der Waals surface area contributed by atoms with Crippen LogP contribution in [0, 0.1) is 0 Å². The molecule has 1 aliphatic heterocycles. The number of carbonyl (C=O) groups is 1. The third kappa shape index (κ3) is 2.80. The zero-order valence-corrected chi connectivity index (χ0v) is 13.2. The maximum Gasteiger partial charge on any atom is 0.271 e. The first kappa shape index (κ1) is 14.6. The summed E-state index contributed by atoms with van der Waals surface area (Å²) in [6, 6.07) is 17.8. The number of rotatable bonds is 3. The van der Waals surface area contributed by atoms with Crippen molar-refractivity contribution in [1.29, 1.82) is 0 Å². The van der Waals surface area contributed by atoms with Gasteiger partial charge in [0.15, 0.2) is 0 Å². The number of hydrogen-bond donors (Lipinski definition) is 1. The molecule has 0 spiro atoms. The molecule has 0 bridgehead atoms. The standard InChI is InChI=1S/C19H18N4O/c24-19(18-12-17(21-22-18)16-8-4-5-10-20-16)23-11-9-15(13-23)14-6-2-1-3-7-14/h1-8,10,12,15H,9,11,13H2,(H,21,22)/t15-/m0/s1. The molecule has 1 aromatic carbocycles. The Morgan fingerprint density at radius 3 is 2.71 bits per heavy atom. The number of aromatic nitrogens is 3. The summed E-state index contributed by atoms with van der Waals surface area (Å²) in [6.45, 7) is 1.52. The summed E-state index contributed by atoms with van der Waals surface area (Å²) >= 11 is 0. The summed E-state index contributed by atoms with van der Waals surface area (Å²) in [5.74, 6) is 0.413. The van der Waals surface area contributed by atoms with Gasteiger partial charge in [0.1, 0.15) is 11.4 Å². The first-order valence-electron chi connectivity index (χ1n) is 8.12. The third-order valence-corrected chi connectivity index (χ3v) is 4.48. The highest BCUT2D eigenvalue weighted by Gasteiger charge is 2.28. The molecule has 120 valence electrons. The van der Waals surface area contributed by atoms with E-state index in [-0.39, 0.29) is 5.91 Å². The first-order chi connectivity index (χ1) is 11.8. The molecule has 1 saturated heterocycles. The van der Waals surface area contributed by atoms with Crippen molar-refractivity contribution in [3.63, 3.8) is 0 Å². The van der Waals surface area contributed by atoms with Gasteiger partial charge >= 0.3 is 0 Å². The molecule has 3 heterocycles. The van der Waals surface area contributed by atoms with E-state index >= 15 is 0 Å². The Bertz CT molecular complexity index is 829. The van der Waals surface area contributed by atoms with E-state index in [2.05, 4.69) is 27.3 Å². The van der Waals surface area contributed by atoms with E-state index in [4.69, 9.17) is 0 Å². The molecule has 0 radical (unpaired) electrons. The van der Waals surface area contributed by atoms with Crippen LogP contribution in [0.1, 0.15) is 28.4 Å². The second-order valence-electron chi connectivity index (χ2n) is 6.03. The molecule has 1 atom stereocenters. The van der Waals surface area contributed by atoms with E-state index in [1.54, 1.807) is 12.3 Å². The molecule has 0 unspecified atom stereocenters. The van der Waals surface area contributed by atoms with Gasteiger partial charge in [0, 0.05) is 25.2 Å². The van der Waals surface area contributed by atoms with Crippen LogP contribution in [0.3, 0.4) is 0 Å². The number of nitrogens with zero attached hydrogens (tertiary/aromatic N) is 3. The van der Waals surface area contributed by atoms with Crippen LogP contribution < -0.4 is 0 Å². The number of benzene rings is 1. The highest BCUT2D eigenvalue weighted by atomic mass is 16.2. The van der Waals surface area contributed by atoms with Gasteiger partial charge in [0.2, 0.25) is 0 Å². The maximum atomic E-state index is 12.7. The van der Waals surface area contributed by atoms with E-state index in [1.165, 1.54) is 5.56 Å². The van der Waals surface area contributed by atoms with Gasteiger partial charge in [-0.15, -0.1) is 0 Å². The largest absolute Gasteiger partial charge is 0.337 e. The minimum Gasteiger partial charge on any atom is -0.337 e. The van der Waals surface area contributed by atoms with Gasteiger partial charge in [0.25, 0.3) is 5.91 Å². The molecule has 24 heavy (non-hydrogen) atoms. The molecule has 3 aromatic rings. The molecule has 5 heteroatoms. The quantitative estimate of drug-likeness (QED) is 0.807. The van der Waals surface area contributed by atoms with Crippen molar-refractivity contribution in [2.45, 2.75) is 12.3 Å². The Labute approximate surface area is 140 Å². The van der Waals surface area contributed by atoms with Crippen molar-refractivity contribution >= 4 is 5.91 Å². The lowest BCUT2D eigenvalue weighted by molar-refractivity contribution is 0.0785. The van der Waals surface area contributed by atoms with E-state index in [0.29, 0.717) is 17.3 Å². The fourth-order valence-electron chi connectivity index (χ4n) is 3.19. The third-order valence-electron chi connectivity index (χ3n) is 4.48. The van der Waals surface area contributed by atoms with Gasteiger partial charge in [-0.3, -0.25) is 14.9 Å². The van der Waals surface area contributed by atoms with Crippen LogP contribution in [0.25, 0.3) is 11.4 Å². The van der Waals surface area contributed by atoms with Crippen LogP contribution in [0.15, 0.2) is 60.8 Å². The number of carbonyl (C=O) groups excluding carboxylic acids is 1. The number of amides is 1. The van der Waals surface area contributed by atoms with E-state index in [9.17, 15) is 4.79 Å². The highest BCUT2D eigenvalue weighted by Crippen LogP contribution is 2.28. The zero-order chi connectivity index (χ0) is 16.4. The van der Waals surface area contributed by atoms with Crippen molar-refractivity contribution < 1.29 is 4.79 Å². The van der Waals surface area contributed by atoms with Crippen LogP contribution >= 0.6 is 0 Å². The zero-order valence-electron chi connectivity index (χ0n) is 13.2. The number of hydrogen-bond acceptors (Lipinski definition) is 3. The van der Waals surface area contributed by atoms with E-state index in [1.807, 2.05) is 41.3 Å². The Hall–Kier alpha value is -2.95. The first-order valence-corrected chi connectivity index (χ1v) is 8.12. The summed E-state index contributed by atoms with van der Waals surface area (Å²) in [6.07, 6.45) is 2.72. The Balaban J connectivity index is 1.48. The minimum absolute atomic E-state index is 0.00288. The van der Waals surface area contributed by atoms with Crippen LogP contribution in [0.4, 0.5) is 0 Å². The Morgan fingerprint density at radius 2 is 1.92 bits per heavy atom. The lowest BCUT2D eigenvalue weighted by atomic mass is 9.99. The van der Waals surface area contributed by atoms with Crippen LogP contribution in [-0.4, -0.2) is 39.1 Å². The van der Waals surface area contributed by atoms with Gasteiger partial charge in [-0.1, -0.05) is 36.4 Å². The smallest absolute Gasteiger partial charge is 0.271 e. The molecule has 2 aromatic heterocycles. The van der Waals surface area contributed by atoms with E-state index in [0.717, 1.165) is 25.2 Å². The lowest BCUT2D eigenvalue weighted by Gasteiger charge is -2.15. The molecule has 0 aliphatic carbocycles. The van der Waals surface area contributed by atoms with Gasteiger partial charge < -0.3 is 4.90 Å². The highest BCUT2D eigenvalue weighted by molar-refractivity contribution is 5.93.